The topological polar surface area (TPSA) is 58.6 Å². The molecule has 5 rings (SSSR count). The van der Waals surface area contributed by atoms with Gasteiger partial charge in [0.2, 0.25) is 0 Å². The van der Waals surface area contributed by atoms with Crippen molar-refractivity contribution in [2.24, 2.45) is 0 Å². The fourth-order valence-electron chi connectivity index (χ4n) is 4.05. The maximum atomic E-state index is 13.0. The largest absolute Gasteiger partial charge is 0.497 e. The molecule has 6 nitrogen and oxygen atoms in total. The van der Waals surface area contributed by atoms with Gasteiger partial charge in [-0.05, 0) is 59.3 Å². The molecule has 0 bridgehead atoms. The standard InChI is InChI=1S/C26H24N4O2/c1-32-23-10-8-20(9-11-23)24-12-13-25(28-27-24)29-14-16-30(17-15-29)26(31)22-7-6-19-4-2-3-5-21(19)18-22/h2-13,18H,14-17H2,1H3. The third-order valence-electron chi connectivity index (χ3n) is 5.92. The number of fused-ring (bicyclic) bond motifs is 1. The molecular weight excluding hydrogens is 400 g/mol. The quantitative estimate of drug-likeness (QED) is 0.490. The van der Waals surface area contributed by atoms with Crippen molar-refractivity contribution in [3.05, 3.63) is 84.4 Å². The summed E-state index contributed by atoms with van der Waals surface area (Å²) < 4.78 is 5.21. The van der Waals surface area contributed by atoms with Crippen molar-refractivity contribution in [3.8, 4) is 17.0 Å². The number of rotatable bonds is 4. The zero-order chi connectivity index (χ0) is 21.9. The Hall–Kier alpha value is -3.93. The van der Waals surface area contributed by atoms with E-state index in [0.717, 1.165) is 52.3 Å². The Morgan fingerprint density at radius 2 is 1.56 bits per heavy atom. The van der Waals surface area contributed by atoms with Gasteiger partial charge in [-0.15, -0.1) is 10.2 Å². The number of ether oxygens (including phenoxy) is 1. The Kier molecular flexibility index (Phi) is 5.42. The summed E-state index contributed by atoms with van der Waals surface area (Å²) in [7, 11) is 1.65. The molecule has 32 heavy (non-hydrogen) atoms. The molecule has 0 atom stereocenters. The second kappa shape index (κ2) is 8.67. The van der Waals surface area contributed by atoms with Gasteiger partial charge >= 0.3 is 0 Å². The number of benzene rings is 3. The van der Waals surface area contributed by atoms with Crippen LogP contribution in [0, 0.1) is 0 Å². The SMILES string of the molecule is COc1ccc(-c2ccc(N3CCN(C(=O)c4ccc5ccccc5c4)CC3)nn2)cc1. The van der Waals surface area contributed by atoms with Crippen molar-refractivity contribution in [2.75, 3.05) is 38.2 Å². The molecule has 1 amide bonds. The summed E-state index contributed by atoms with van der Waals surface area (Å²) in [5, 5.41) is 11.1. The molecule has 1 fully saturated rings. The van der Waals surface area contributed by atoms with Gasteiger partial charge in [0.1, 0.15) is 5.75 Å². The van der Waals surface area contributed by atoms with Crippen LogP contribution >= 0.6 is 0 Å². The number of methoxy groups -OCH3 is 1. The van der Waals surface area contributed by atoms with Crippen LogP contribution in [0.3, 0.4) is 0 Å². The molecule has 1 aromatic heterocycles. The van der Waals surface area contributed by atoms with E-state index in [1.165, 1.54) is 0 Å². The molecule has 0 radical (unpaired) electrons. The summed E-state index contributed by atoms with van der Waals surface area (Å²) in [5.41, 5.74) is 2.55. The van der Waals surface area contributed by atoms with Gasteiger partial charge < -0.3 is 14.5 Å². The van der Waals surface area contributed by atoms with Crippen LogP contribution in [0.4, 0.5) is 5.82 Å². The van der Waals surface area contributed by atoms with E-state index in [1.54, 1.807) is 7.11 Å². The lowest BCUT2D eigenvalue weighted by atomic mass is 10.1. The lowest BCUT2D eigenvalue weighted by Crippen LogP contribution is -2.49. The third kappa shape index (κ3) is 3.99. The van der Waals surface area contributed by atoms with Gasteiger partial charge in [0.15, 0.2) is 5.82 Å². The third-order valence-corrected chi connectivity index (χ3v) is 5.92. The van der Waals surface area contributed by atoms with Crippen molar-refractivity contribution in [1.29, 1.82) is 0 Å². The Bertz CT molecular complexity index is 1230. The minimum atomic E-state index is 0.0799. The molecule has 3 aromatic carbocycles. The van der Waals surface area contributed by atoms with Crippen molar-refractivity contribution in [1.82, 2.24) is 15.1 Å². The zero-order valence-electron chi connectivity index (χ0n) is 17.9. The van der Waals surface area contributed by atoms with Crippen molar-refractivity contribution < 1.29 is 9.53 Å². The number of amides is 1. The van der Waals surface area contributed by atoms with E-state index < -0.39 is 0 Å². The molecule has 160 valence electrons. The Labute approximate surface area is 187 Å². The fourth-order valence-corrected chi connectivity index (χ4v) is 4.05. The van der Waals surface area contributed by atoms with Gasteiger partial charge in [0, 0.05) is 37.3 Å². The fraction of sp³-hybridized carbons (Fsp3) is 0.192. The van der Waals surface area contributed by atoms with E-state index in [1.807, 2.05) is 77.7 Å². The second-order valence-corrected chi connectivity index (χ2v) is 7.85. The normalized spacial score (nSPS) is 13.9. The van der Waals surface area contributed by atoms with Crippen molar-refractivity contribution in [2.45, 2.75) is 0 Å². The number of hydrogen-bond acceptors (Lipinski definition) is 5. The second-order valence-electron chi connectivity index (χ2n) is 7.85. The van der Waals surface area contributed by atoms with Gasteiger partial charge in [-0.3, -0.25) is 4.79 Å². The van der Waals surface area contributed by atoms with Gasteiger partial charge in [-0.25, -0.2) is 0 Å². The molecule has 1 aliphatic heterocycles. The summed E-state index contributed by atoms with van der Waals surface area (Å²) >= 11 is 0. The lowest BCUT2D eigenvalue weighted by Gasteiger charge is -2.35. The molecule has 1 saturated heterocycles. The average molecular weight is 425 g/mol. The molecule has 0 saturated carbocycles. The lowest BCUT2D eigenvalue weighted by molar-refractivity contribution is 0.0746. The summed E-state index contributed by atoms with van der Waals surface area (Å²) in [4.78, 5) is 17.1. The molecule has 4 aromatic rings. The zero-order valence-corrected chi connectivity index (χ0v) is 17.9. The highest BCUT2D eigenvalue weighted by atomic mass is 16.5. The van der Waals surface area contributed by atoms with E-state index in [-0.39, 0.29) is 5.91 Å². The number of nitrogens with zero attached hydrogens (tertiary/aromatic N) is 4. The highest BCUT2D eigenvalue weighted by Gasteiger charge is 2.23. The van der Waals surface area contributed by atoms with E-state index in [2.05, 4.69) is 21.2 Å². The van der Waals surface area contributed by atoms with Crippen LogP contribution < -0.4 is 9.64 Å². The van der Waals surface area contributed by atoms with Crippen LogP contribution in [0.2, 0.25) is 0 Å². The number of carbonyl (C=O) groups excluding carboxylic acids is 1. The van der Waals surface area contributed by atoms with Crippen LogP contribution in [0.5, 0.6) is 5.75 Å². The highest BCUT2D eigenvalue weighted by Crippen LogP contribution is 2.23. The number of aromatic nitrogens is 2. The number of carbonyl (C=O) groups is 1. The van der Waals surface area contributed by atoms with E-state index in [9.17, 15) is 4.79 Å². The highest BCUT2D eigenvalue weighted by molar-refractivity contribution is 5.98. The molecule has 6 heteroatoms. The number of hydrogen-bond donors (Lipinski definition) is 0. The van der Waals surface area contributed by atoms with E-state index in [0.29, 0.717) is 13.1 Å². The summed E-state index contributed by atoms with van der Waals surface area (Å²) in [5.74, 6) is 1.73. The van der Waals surface area contributed by atoms with Crippen molar-refractivity contribution >= 4 is 22.5 Å². The summed E-state index contributed by atoms with van der Waals surface area (Å²) in [6.45, 7) is 2.78. The Morgan fingerprint density at radius 3 is 2.25 bits per heavy atom. The molecule has 0 N–H and O–H groups in total. The van der Waals surface area contributed by atoms with Gasteiger partial charge in [0.25, 0.3) is 5.91 Å². The smallest absolute Gasteiger partial charge is 0.253 e. The Morgan fingerprint density at radius 1 is 0.812 bits per heavy atom. The van der Waals surface area contributed by atoms with Crippen molar-refractivity contribution in [3.63, 3.8) is 0 Å². The van der Waals surface area contributed by atoms with E-state index in [4.69, 9.17) is 4.74 Å². The van der Waals surface area contributed by atoms with Crippen LogP contribution in [0.1, 0.15) is 10.4 Å². The van der Waals surface area contributed by atoms with E-state index >= 15 is 0 Å². The number of piperazine rings is 1. The Balaban J connectivity index is 1.23. The predicted octanol–water partition coefficient (Wildman–Crippen LogP) is 4.27. The van der Waals surface area contributed by atoms with Crippen LogP contribution in [0.25, 0.3) is 22.0 Å². The van der Waals surface area contributed by atoms with Gasteiger partial charge in [-0.2, -0.15) is 0 Å². The number of anilines is 1. The first-order valence-corrected chi connectivity index (χ1v) is 10.7. The maximum absolute atomic E-state index is 13.0. The maximum Gasteiger partial charge on any atom is 0.253 e. The van der Waals surface area contributed by atoms with Gasteiger partial charge in [0.05, 0.1) is 12.8 Å². The minimum absolute atomic E-state index is 0.0799. The first-order valence-electron chi connectivity index (χ1n) is 10.7. The van der Waals surface area contributed by atoms with Crippen LogP contribution in [0.15, 0.2) is 78.9 Å². The monoisotopic (exact) mass is 424 g/mol. The molecular formula is C26H24N4O2. The molecule has 0 aliphatic carbocycles. The minimum Gasteiger partial charge on any atom is -0.497 e. The predicted molar refractivity (Wildman–Crippen MR) is 126 cm³/mol. The molecule has 1 aliphatic rings. The van der Waals surface area contributed by atoms with Crippen LogP contribution in [-0.2, 0) is 0 Å². The summed E-state index contributed by atoms with van der Waals surface area (Å²) in [6, 6.07) is 25.8. The molecule has 2 heterocycles. The molecule has 0 unspecified atom stereocenters. The van der Waals surface area contributed by atoms with Gasteiger partial charge in [-0.1, -0.05) is 30.3 Å². The first kappa shape index (κ1) is 20.0. The first-order chi connectivity index (χ1) is 15.7. The molecule has 0 spiro atoms. The average Bonchev–Trinajstić information content (AvgIpc) is 2.88. The van der Waals surface area contributed by atoms with Crippen LogP contribution in [-0.4, -0.2) is 54.3 Å². The summed E-state index contributed by atoms with van der Waals surface area (Å²) in [6.07, 6.45) is 0.